The molecule has 0 bridgehead atoms. The van der Waals surface area contributed by atoms with Crippen molar-refractivity contribution in [2.45, 2.75) is 31.6 Å². The summed E-state index contributed by atoms with van der Waals surface area (Å²) in [6.07, 6.45) is 9.48. The lowest BCUT2D eigenvalue weighted by Gasteiger charge is -2.29. The van der Waals surface area contributed by atoms with E-state index >= 15 is 0 Å². The Morgan fingerprint density at radius 3 is 2.74 bits per heavy atom. The van der Waals surface area contributed by atoms with Gasteiger partial charge in [-0.2, -0.15) is 0 Å². The first-order valence-electron chi connectivity index (χ1n) is 11.8. The van der Waals surface area contributed by atoms with E-state index in [0.29, 0.717) is 23.9 Å². The fraction of sp³-hybridized carbons (Fsp3) is 0.286. The van der Waals surface area contributed by atoms with Gasteiger partial charge in [0.2, 0.25) is 0 Å². The minimum absolute atomic E-state index is 0.0834. The summed E-state index contributed by atoms with van der Waals surface area (Å²) in [5.74, 6) is 1.24. The highest BCUT2D eigenvalue weighted by Crippen LogP contribution is 2.38. The van der Waals surface area contributed by atoms with Crippen molar-refractivity contribution in [3.05, 3.63) is 84.1 Å². The van der Waals surface area contributed by atoms with Gasteiger partial charge in [0.25, 0.3) is 5.91 Å². The molecule has 0 unspecified atom stereocenters. The van der Waals surface area contributed by atoms with E-state index in [1.165, 1.54) is 11.6 Å². The Hall–Kier alpha value is -3.67. The first-order valence-corrected chi connectivity index (χ1v) is 11.8. The van der Waals surface area contributed by atoms with E-state index in [9.17, 15) is 9.18 Å². The Kier molecular flexibility index (Phi) is 6.30. The van der Waals surface area contributed by atoms with Gasteiger partial charge in [-0.1, -0.05) is 18.2 Å². The van der Waals surface area contributed by atoms with Crippen molar-refractivity contribution in [2.75, 3.05) is 13.7 Å². The van der Waals surface area contributed by atoms with Gasteiger partial charge in [-0.25, -0.2) is 4.39 Å². The molecular formula is C28H28FN3O2. The summed E-state index contributed by atoms with van der Waals surface area (Å²) < 4.78 is 19.3. The van der Waals surface area contributed by atoms with Crippen LogP contribution in [0.1, 0.15) is 47.5 Å². The lowest BCUT2D eigenvalue weighted by Crippen LogP contribution is -2.31. The summed E-state index contributed by atoms with van der Waals surface area (Å²) in [5, 5.41) is 4.05. The third-order valence-corrected chi connectivity index (χ3v) is 6.96. The second-order valence-corrected chi connectivity index (χ2v) is 8.97. The minimum atomic E-state index is -0.226. The number of methoxy groups -OCH3 is 1. The standard InChI is InChI=1S/C28H28FN3O2/c1-34-27-5-3-2-4-22(27)24-16-30-17-25(24)28(33)32-15-18-6-8-19(9-7-18)21-12-13-31-26-11-10-20(29)14-23(21)26/h2-5,10-14,16-19,30H,6-9,15H2,1H3,(H,32,33). The predicted molar refractivity (Wildman–Crippen MR) is 132 cm³/mol. The van der Waals surface area contributed by atoms with Gasteiger partial charge in [-0.3, -0.25) is 9.78 Å². The molecule has 1 saturated carbocycles. The molecule has 5 nitrogen and oxygen atoms in total. The lowest BCUT2D eigenvalue weighted by molar-refractivity contribution is 0.0943. The normalized spacial score (nSPS) is 18.1. The number of H-pyrrole nitrogens is 1. The van der Waals surface area contributed by atoms with Crippen molar-refractivity contribution in [3.8, 4) is 16.9 Å². The van der Waals surface area contributed by atoms with Crippen molar-refractivity contribution in [1.82, 2.24) is 15.3 Å². The number of pyridine rings is 1. The van der Waals surface area contributed by atoms with Gasteiger partial charge in [0, 0.05) is 41.6 Å². The highest BCUT2D eigenvalue weighted by molar-refractivity contribution is 6.01. The maximum absolute atomic E-state index is 13.8. The average Bonchev–Trinajstić information content (AvgIpc) is 3.37. The van der Waals surface area contributed by atoms with Crippen molar-refractivity contribution in [3.63, 3.8) is 0 Å². The number of para-hydroxylation sites is 1. The molecule has 0 saturated heterocycles. The number of aromatic nitrogens is 2. The summed E-state index contributed by atoms with van der Waals surface area (Å²) >= 11 is 0. The summed E-state index contributed by atoms with van der Waals surface area (Å²) in [5.41, 5.74) is 4.35. The van der Waals surface area contributed by atoms with Crippen LogP contribution in [0.15, 0.2) is 67.1 Å². The Balaban J connectivity index is 1.22. The predicted octanol–water partition coefficient (Wildman–Crippen LogP) is 6.08. The smallest absolute Gasteiger partial charge is 0.253 e. The number of benzene rings is 2. The second-order valence-electron chi connectivity index (χ2n) is 8.97. The van der Waals surface area contributed by atoms with Crippen LogP contribution in [0.25, 0.3) is 22.0 Å². The van der Waals surface area contributed by atoms with Gasteiger partial charge in [0.15, 0.2) is 0 Å². The van der Waals surface area contributed by atoms with E-state index in [4.69, 9.17) is 4.74 Å². The van der Waals surface area contributed by atoms with Crippen LogP contribution in [0.2, 0.25) is 0 Å². The number of carbonyl (C=O) groups excluding carboxylic acids is 1. The highest BCUT2D eigenvalue weighted by Gasteiger charge is 2.25. The third-order valence-electron chi connectivity index (χ3n) is 6.96. The molecular weight excluding hydrogens is 429 g/mol. The van der Waals surface area contributed by atoms with Gasteiger partial charge in [0.1, 0.15) is 11.6 Å². The topological polar surface area (TPSA) is 67.0 Å². The Labute approximate surface area is 198 Å². The average molecular weight is 458 g/mol. The maximum Gasteiger partial charge on any atom is 0.253 e. The van der Waals surface area contributed by atoms with Gasteiger partial charge < -0.3 is 15.0 Å². The van der Waals surface area contributed by atoms with Crippen molar-refractivity contribution in [2.24, 2.45) is 5.92 Å². The number of nitrogens with zero attached hydrogens (tertiary/aromatic N) is 1. The van der Waals surface area contributed by atoms with Crippen molar-refractivity contribution < 1.29 is 13.9 Å². The van der Waals surface area contributed by atoms with Crippen LogP contribution in [0.3, 0.4) is 0 Å². The number of halogens is 1. The lowest BCUT2D eigenvalue weighted by atomic mass is 9.78. The Morgan fingerprint density at radius 1 is 1.09 bits per heavy atom. The van der Waals surface area contributed by atoms with E-state index in [0.717, 1.165) is 53.5 Å². The number of hydrogen-bond donors (Lipinski definition) is 2. The van der Waals surface area contributed by atoms with Gasteiger partial charge in [-0.15, -0.1) is 0 Å². The van der Waals surface area contributed by atoms with Gasteiger partial charge in [-0.05, 0) is 73.4 Å². The fourth-order valence-corrected chi connectivity index (χ4v) is 5.15. The van der Waals surface area contributed by atoms with Crippen molar-refractivity contribution in [1.29, 1.82) is 0 Å². The molecule has 174 valence electrons. The number of ether oxygens (including phenoxy) is 1. The van der Waals surface area contributed by atoms with E-state index in [1.807, 2.05) is 42.7 Å². The molecule has 0 atom stereocenters. The number of rotatable bonds is 6. The summed E-state index contributed by atoms with van der Waals surface area (Å²) in [4.78, 5) is 20.4. The van der Waals surface area contributed by atoms with Crippen molar-refractivity contribution >= 4 is 16.8 Å². The zero-order valence-electron chi connectivity index (χ0n) is 19.2. The molecule has 4 aromatic rings. The maximum atomic E-state index is 13.8. The van der Waals surface area contributed by atoms with E-state index in [-0.39, 0.29) is 11.7 Å². The molecule has 0 aliphatic heterocycles. The number of fused-ring (bicyclic) bond motifs is 1. The van der Waals surface area contributed by atoms with Gasteiger partial charge in [0.05, 0.1) is 18.2 Å². The van der Waals surface area contributed by atoms with Crippen LogP contribution >= 0.6 is 0 Å². The molecule has 2 heterocycles. The highest BCUT2D eigenvalue weighted by atomic mass is 19.1. The van der Waals surface area contributed by atoms with E-state index in [1.54, 1.807) is 25.4 Å². The fourth-order valence-electron chi connectivity index (χ4n) is 5.15. The molecule has 1 aliphatic carbocycles. The van der Waals surface area contributed by atoms with Crippen LogP contribution < -0.4 is 10.1 Å². The molecule has 1 fully saturated rings. The largest absolute Gasteiger partial charge is 0.496 e. The van der Waals surface area contributed by atoms with Crippen LogP contribution in [0, 0.1) is 11.7 Å². The zero-order valence-corrected chi connectivity index (χ0v) is 19.2. The summed E-state index contributed by atoms with van der Waals surface area (Å²) in [7, 11) is 1.63. The number of amides is 1. The summed E-state index contributed by atoms with van der Waals surface area (Å²) in [6.45, 7) is 0.647. The zero-order chi connectivity index (χ0) is 23.5. The Bertz CT molecular complexity index is 1310. The van der Waals surface area contributed by atoms with Crippen LogP contribution in [0.4, 0.5) is 4.39 Å². The molecule has 1 aliphatic rings. The number of carbonyl (C=O) groups is 1. The molecule has 34 heavy (non-hydrogen) atoms. The molecule has 5 rings (SSSR count). The molecule has 6 heteroatoms. The van der Waals surface area contributed by atoms with Crippen LogP contribution in [0.5, 0.6) is 5.75 Å². The number of hydrogen-bond acceptors (Lipinski definition) is 3. The first kappa shape index (κ1) is 22.1. The van der Waals surface area contributed by atoms with Crippen LogP contribution in [-0.2, 0) is 0 Å². The molecule has 0 radical (unpaired) electrons. The quantitative estimate of drug-likeness (QED) is 0.369. The summed E-state index contributed by atoms with van der Waals surface area (Å²) in [6, 6.07) is 14.5. The monoisotopic (exact) mass is 457 g/mol. The number of nitrogens with one attached hydrogen (secondary N) is 2. The molecule has 2 N–H and O–H groups in total. The van der Waals surface area contributed by atoms with Gasteiger partial charge >= 0.3 is 0 Å². The second kappa shape index (κ2) is 9.67. The SMILES string of the molecule is COc1ccccc1-c1c[nH]cc1C(=O)NCC1CCC(c2ccnc3ccc(F)cc23)CC1. The first-order chi connectivity index (χ1) is 16.6. The van der Waals surface area contributed by atoms with Crippen LogP contribution in [-0.4, -0.2) is 29.5 Å². The number of aromatic amines is 1. The molecule has 2 aromatic carbocycles. The minimum Gasteiger partial charge on any atom is -0.496 e. The molecule has 1 amide bonds. The molecule has 0 spiro atoms. The van der Waals surface area contributed by atoms with E-state index in [2.05, 4.69) is 15.3 Å². The van der Waals surface area contributed by atoms with E-state index < -0.39 is 0 Å². The Morgan fingerprint density at radius 2 is 1.91 bits per heavy atom. The third kappa shape index (κ3) is 4.40. The molecule has 2 aromatic heterocycles.